The van der Waals surface area contributed by atoms with Gasteiger partial charge in [0, 0.05) is 16.8 Å². The number of guanidine groups is 1. The summed E-state index contributed by atoms with van der Waals surface area (Å²) in [5.74, 6) is -0.0120. The van der Waals surface area contributed by atoms with E-state index in [1.165, 1.54) is 18.4 Å². The van der Waals surface area contributed by atoms with Crippen LogP contribution in [0.25, 0.3) is 10.4 Å². The number of sulfonamides is 1. The highest BCUT2D eigenvalue weighted by Gasteiger charge is 2.48. The lowest BCUT2D eigenvalue weighted by atomic mass is 9.97. The van der Waals surface area contributed by atoms with Gasteiger partial charge in [0.15, 0.2) is 0 Å². The molecule has 0 radical (unpaired) electrons. The molecule has 2 heterocycles. The van der Waals surface area contributed by atoms with Gasteiger partial charge in [0.2, 0.25) is 16.0 Å². The highest BCUT2D eigenvalue weighted by atomic mass is 32.2. The molecule has 1 aromatic carbocycles. The number of nitrogens with zero attached hydrogens (tertiary/aromatic N) is 3. The lowest BCUT2D eigenvalue weighted by Gasteiger charge is -2.38. The van der Waals surface area contributed by atoms with Gasteiger partial charge in [0.25, 0.3) is 0 Å². The first kappa shape index (κ1) is 17.5. The van der Waals surface area contributed by atoms with Crippen LogP contribution in [0.5, 0.6) is 0 Å². The molecule has 25 heavy (non-hydrogen) atoms. The van der Waals surface area contributed by atoms with Gasteiger partial charge >= 0.3 is 0 Å². The zero-order valence-electron chi connectivity index (χ0n) is 14.1. The van der Waals surface area contributed by atoms with Crippen LogP contribution < -0.4 is 5.73 Å². The van der Waals surface area contributed by atoms with Crippen molar-refractivity contribution in [2.45, 2.75) is 24.6 Å². The Morgan fingerprint density at radius 1 is 1.36 bits per heavy atom. The lowest BCUT2D eigenvalue weighted by molar-refractivity contribution is 0.427. The zero-order valence-corrected chi connectivity index (χ0v) is 15.7. The summed E-state index contributed by atoms with van der Waals surface area (Å²) >= 11 is 1.46. The van der Waals surface area contributed by atoms with Crippen molar-refractivity contribution >= 4 is 27.3 Å². The van der Waals surface area contributed by atoms with E-state index in [2.05, 4.69) is 11.1 Å². The molecule has 0 amide bonds. The second-order valence-electron chi connectivity index (χ2n) is 6.13. The van der Waals surface area contributed by atoms with Crippen molar-refractivity contribution in [1.82, 2.24) is 4.31 Å². The van der Waals surface area contributed by atoms with Gasteiger partial charge in [-0.3, -0.25) is 0 Å². The molecule has 2 N–H and O–H groups in total. The minimum atomic E-state index is -3.57. The van der Waals surface area contributed by atoms with Crippen LogP contribution in [0.4, 0.5) is 0 Å². The van der Waals surface area contributed by atoms with Gasteiger partial charge in [0.1, 0.15) is 10.8 Å². The fourth-order valence-corrected chi connectivity index (χ4v) is 5.61. The van der Waals surface area contributed by atoms with Crippen LogP contribution in [-0.4, -0.2) is 31.0 Å². The maximum absolute atomic E-state index is 12.6. The van der Waals surface area contributed by atoms with Crippen molar-refractivity contribution in [2.75, 3.05) is 7.05 Å². The van der Waals surface area contributed by atoms with Crippen molar-refractivity contribution < 1.29 is 8.42 Å². The number of thiophene rings is 1. The molecule has 2 aromatic rings. The number of rotatable bonds is 2. The van der Waals surface area contributed by atoms with Crippen LogP contribution in [0, 0.1) is 11.3 Å². The Morgan fingerprint density at radius 3 is 2.76 bits per heavy atom. The Kier molecular flexibility index (Phi) is 4.09. The highest BCUT2D eigenvalue weighted by Crippen LogP contribution is 2.42. The Hall–Kier alpha value is -2.37. The van der Waals surface area contributed by atoms with E-state index in [1.54, 1.807) is 19.9 Å². The molecule has 8 heteroatoms. The molecule has 1 aliphatic heterocycles. The second-order valence-corrected chi connectivity index (χ2v) is 9.50. The van der Waals surface area contributed by atoms with Gasteiger partial charge in [-0.25, -0.2) is 17.7 Å². The summed E-state index contributed by atoms with van der Waals surface area (Å²) < 4.78 is 26.2. The molecule has 0 spiro atoms. The smallest absolute Gasteiger partial charge is 0.242 e. The normalized spacial score (nSPS) is 25.3. The van der Waals surface area contributed by atoms with E-state index in [0.717, 1.165) is 19.6 Å². The molecule has 1 aliphatic rings. The Balaban J connectivity index is 2.09. The number of aliphatic imine (C=N–C) groups is 1. The summed E-state index contributed by atoms with van der Waals surface area (Å²) in [5, 5.41) is 8.31. The molecule has 2 atom stereocenters. The fourth-order valence-electron chi connectivity index (χ4n) is 2.82. The zero-order chi connectivity index (χ0) is 18.4. The summed E-state index contributed by atoms with van der Waals surface area (Å²) in [6.07, 6.45) is 0. The molecule has 6 nitrogen and oxygen atoms in total. The van der Waals surface area contributed by atoms with E-state index >= 15 is 0 Å². The van der Waals surface area contributed by atoms with Gasteiger partial charge in [0.05, 0.1) is 11.6 Å². The first-order chi connectivity index (χ1) is 11.7. The van der Waals surface area contributed by atoms with Crippen molar-refractivity contribution in [3.8, 4) is 16.5 Å². The molecule has 130 valence electrons. The number of nitrogens with two attached hydrogens (primary N) is 1. The van der Waals surface area contributed by atoms with E-state index in [9.17, 15) is 8.42 Å². The van der Waals surface area contributed by atoms with Crippen LogP contribution in [0.1, 0.15) is 24.3 Å². The van der Waals surface area contributed by atoms with Gasteiger partial charge in [-0.2, -0.15) is 5.26 Å². The van der Waals surface area contributed by atoms with Gasteiger partial charge in [-0.15, -0.1) is 11.3 Å². The van der Waals surface area contributed by atoms with E-state index in [-0.39, 0.29) is 5.96 Å². The lowest BCUT2D eigenvalue weighted by Crippen LogP contribution is -2.54. The van der Waals surface area contributed by atoms with Crippen LogP contribution in [0.2, 0.25) is 0 Å². The van der Waals surface area contributed by atoms with Gasteiger partial charge < -0.3 is 5.73 Å². The molecule has 1 aromatic heterocycles. The van der Waals surface area contributed by atoms with Crippen LogP contribution in [0.3, 0.4) is 0 Å². The summed E-state index contributed by atoms with van der Waals surface area (Å²) in [6.45, 7) is 3.44. The minimum Gasteiger partial charge on any atom is -0.369 e. The molecule has 0 saturated heterocycles. The monoisotopic (exact) mass is 374 g/mol. The van der Waals surface area contributed by atoms with Crippen LogP contribution in [0.15, 0.2) is 41.4 Å². The first-order valence-corrected chi connectivity index (χ1v) is 9.96. The number of hydrogen-bond acceptors (Lipinski definition) is 6. The SMILES string of the molecule is C[C@H]1[C@@](C)(c2ccc(-c3cccc(C#N)c3)s2)N=C(N)N(C)S1(=O)=O. The highest BCUT2D eigenvalue weighted by molar-refractivity contribution is 7.90. The standard InChI is InChI=1S/C17H18N4O2S2/c1-11-17(2,20-16(19)21(3)25(11,22)23)15-8-7-14(24-15)13-6-4-5-12(9-13)10-18/h4-9,11H,1-3H3,(H2,19,20)/t11-,17-/m0/s1. The van der Waals surface area contributed by atoms with E-state index in [0.29, 0.717) is 5.56 Å². The minimum absolute atomic E-state index is 0.0120. The van der Waals surface area contributed by atoms with E-state index in [4.69, 9.17) is 11.0 Å². The van der Waals surface area contributed by atoms with Crippen molar-refractivity contribution in [1.29, 1.82) is 5.26 Å². The molecule has 0 bridgehead atoms. The maximum atomic E-state index is 12.6. The van der Waals surface area contributed by atoms with E-state index < -0.39 is 20.8 Å². The Bertz CT molecular complexity index is 1000. The predicted octanol–water partition coefficient (Wildman–Crippen LogP) is 2.48. The summed E-state index contributed by atoms with van der Waals surface area (Å²) in [7, 11) is -2.16. The fraction of sp³-hybridized carbons (Fsp3) is 0.294. The molecular weight excluding hydrogens is 356 g/mol. The largest absolute Gasteiger partial charge is 0.369 e. The third-order valence-corrected chi connectivity index (χ3v) is 8.33. The number of hydrogen-bond donors (Lipinski definition) is 1. The van der Waals surface area contributed by atoms with Gasteiger partial charge in [-0.05, 0) is 43.7 Å². The van der Waals surface area contributed by atoms with E-state index in [1.807, 2.05) is 30.3 Å². The first-order valence-electron chi connectivity index (χ1n) is 7.64. The second kappa shape index (κ2) is 5.86. The summed E-state index contributed by atoms with van der Waals surface area (Å²) in [5.41, 5.74) is 6.39. The quantitative estimate of drug-likeness (QED) is 0.873. The van der Waals surface area contributed by atoms with Gasteiger partial charge in [-0.1, -0.05) is 12.1 Å². The molecule has 3 rings (SSSR count). The average molecular weight is 374 g/mol. The third-order valence-electron chi connectivity index (χ3n) is 4.67. The van der Waals surface area contributed by atoms with Crippen LogP contribution in [-0.2, 0) is 15.6 Å². The van der Waals surface area contributed by atoms with Crippen molar-refractivity contribution in [2.24, 2.45) is 10.7 Å². The molecule has 0 unspecified atom stereocenters. The number of benzene rings is 1. The molecule has 0 fully saturated rings. The predicted molar refractivity (Wildman–Crippen MR) is 99.6 cm³/mol. The molecule has 0 saturated carbocycles. The molecule has 0 aliphatic carbocycles. The third kappa shape index (κ3) is 2.69. The van der Waals surface area contributed by atoms with Crippen LogP contribution >= 0.6 is 11.3 Å². The molecular formula is C17H18N4O2S2. The summed E-state index contributed by atoms with van der Waals surface area (Å²) in [4.78, 5) is 6.25. The average Bonchev–Trinajstić information content (AvgIpc) is 3.10. The number of nitriles is 1. The Morgan fingerprint density at radius 2 is 2.08 bits per heavy atom. The summed E-state index contributed by atoms with van der Waals surface area (Å²) in [6, 6.07) is 13.2. The maximum Gasteiger partial charge on any atom is 0.242 e. The topological polar surface area (TPSA) is 99.5 Å². The van der Waals surface area contributed by atoms with Crippen molar-refractivity contribution in [3.05, 3.63) is 46.8 Å². The van der Waals surface area contributed by atoms with Crippen molar-refractivity contribution in [3.63, 3.8) is 0 Å². The Labute approximate surface area is 151 Å².